The maximum absolute atomic E-state index is 12.2. The summed E-state index contributed by atoms with van der Waals surface area (Å²) in [6, 6.07) is -1.12. The van der Waals surface area contributed by atoms with Crippen molar-refractivity contribution in [1.29, 1.82) is 0 Å². The van der Waals surface area contributed by atoms with Crippen molar-refractivity contribution in [2.45, 2.75) is 11.1 Å². The molecule has 2 N–H and O–H groups in total. The molecule has 0 unspecified atom stereocenters. The molecule has 0 saturated carbocycles. The highest BCUT2D eigenvalue weighted by Crippen LogP contribution is 2.16. The third-order valence-electron chi connectivity index (χ3n) is 2.59. The lowest BCUT2D eigenvalue weighted by molar-refractivity contribution is -0.141. The van der Waals surface area contributed by atoms with E-state index >= 15 is 0 Å². The van der Waals surface area contributed by atoms with Crippen LogP contribution >= 0.6 is 0 Å². The van der Waals surface area contributed by atoms with Crippen LogP contribution in [-0.4, -0.2) is 59.4 Å². The van der Waals surface area contributed by atoms with E-state index in [1.54, 1.807) is 0 Å². The molecule has 1 aromatic heterocycles. The quantitative estimate of drug-likeness (QED) is 0.690. The molecule has 1 aromatic rings. The van der Waals surface area contributed by atoms with E-state index in [-0.39, 0.29) is 18.1 Å². The van der Waals surface area contributed by atoms with Crippen molar-refractivity contribution in [1.82, 2.24) is 19.6 Å². The molecule has 0 aliphatic carbocycles. The molecule has 1 fully saturated rings. The van der Waals surface area contributed by atoms with E-state index in [1.165, 1.54) is 12.4 Å². The highest BCUT2D eigenvalue weighted by Gasteiger charge is 2.38. The summed E-state index contributed by atoms with van der Waals surface area (Å²) in [5.74, 6) is -1.19. The number of carbonyl (C=O) groups is 1. The van der Waals surface area contributed by atoms with E-state index in [1.807, 2.05) is 0 Å². The molecule has 1 aliphatic rings. The molecule has 8 nitrogen and oxygen atoms in total. The van der Waals surface area contributed by atoms with Crippen LogP contribution in [0.3, 0.4) is 0 Å². The molecule has 0 bridgehead atoms. The molecule has 0 spiro atoms. The summed E-state index contributed by atoms with van der Waals surface area (Å²) in [7, 11) is -3.92. The van der Waals surface area contributed by atoms with Crippen LogP contribution in [0.15, 0.2) is 23.6 Å². The van der Waals surface area contributed by atoms with E-state index in [0.717, 1.165) is 10.5 Å². The number of hydrogen-bond acceptors (Lipinski definition) is 6. The van der Waals surface area contributed by atoms with Crippen molar-refractivity contribution < 1.29 is 18.3 Å². The second kappa shape index (κ2) is 4.96. The zero-order valence-electron chi connectivity index (χ0n) is 9.35. The summed E-state index contributed by atoms with van der Waals surface area (Å²) in [4.78, 5) is 18.5. The summed E-state index contributed by atoms with van der Waals surface area (Å²) in [5, 5.41) is 11.6. The highest BCUT2D eigenvalue weighted by molar-refractivity contribution is 7.89. The van der Waals surface area contributed by atoms with Gasteiger partial charge in [0.25, 0.3) is 10.0 Å². The first-order chi connectivity index (χ1) is 8.53. The van der Waals surface area contributed by atoms with Gasteiger partial charge in [0.1, 0.15) is 6.04 Å². The SMILES string of the molecule is O=C(O)[C@@H]1CNCCN1S(=O)(=O)c1cnccn1. The van der Waals surface area contributed by atoms with Crippen molar-refractivity contribution in [3.63, 3.8) is 0 Å². The van der Waals surface area contributed by atoms with Crippen molar-refractivity contribution in [3.8, 4) is 0 Å². The lowest BCUT2D eigenvalue weighted by atomic mass is 10.2. The predicted octanol–water partition coefficient (Wildman–Crippen LogP) is -1.48. The van der Waals surface area contributed by atoms with Gasteiger partial charge in [-0.05, 0) is 0 Å². The number of nitrogens with one attached hydrogen (secondary N) is 1. The van der Waals surface area contributed by atoms with E-state index < -0.39 is 22.0 Å². The molecule has 98 valence electrons. The molecule has 1 atom stereocenters. The van der Waals surface area contributed by atoms with Gasteiger partial charge < -0.3 is 10.4 Å². The fraction of sp³-hybridized carbons (Fsp3) is 0.444. The van der Waals surface area contributed by atoms with Crippen LogP contribution in [0.25, 0.3) is 0 Å². The van der Waals surface area contributed by atoms with Crippen LogP contribution < -0.4 is 5.32 Å². The van der Waals surface area contributed by atoms with Gasteiger partial charge in [0.05, 0.1) is 6.20 Å². The number of sulfonamides is 1. The number of hydrogen-bond donors (Lipinski definition) is 2. The second-order valence-corrected chi connectivity index (χ2v) is 5.55. The van der Waals surface area contributed by atoms with Crippen LogP contribution in [0.5, 0.6) is 0 Å². The van der Waals surface area contributed by atoms with Crippen molar-refractivity contribution in [2.24, 2.45) is 0 Å². The summed E-state index contributed by atoms with van der Waals surface area (Å²) >= 11 is 0. The molecule has 2 heterocycles. The molecule has 18 heavy (non-hydrogen) atoms. The van der Waals surface area contributed by atoms with E-state index in [2.05, 4.69) is 15.3 Å². The topological polar surface area (TPSA) is 112 Å². The molecular weight excluding hydrogens is 260 g/mol. The molecule has 1 aliphatic heterocycles. The van der Waals surface area contributed by atoms with Gasteiger partial charge in [-0.15, -0.1) is 0 Å². The summed E-state index contributed by atoms with van der Waals surface area (Å²) in [6.45, 7) is 0.577. The maximum Gasteiger partial charge on any atom is 0.323 e. The Hall–Kier alpha value is -1.58. The van der Waals surface area contributed by atoms with Crippen LogP contribution in [-0.2, 0) is 14.8 Å². The Morgan fingerprint density at radius 1 is 1.50 bits per heavy atom. The van der Waals surface area contributed by atoms with Gasteiger partial charge in [0.2, 0.25) is 0 Å². The smallest absolute Gasteiger partial charge is 0.323 e. The Morgan fingerprint density at radius 2 is 2.28 bits per heavy atom. The molecule has 1 saturated heterocycles. The van der Waals surface area contributed by atoms with Crippen molar-refractivity contribution in [3.05, 3.63) is 18.6 Å². The summed E-state index contributed by atoms with van der Waals surface area (Å²) in [6.07, 6.45) is 3.71. The maximum atomic E-state index is 12.2. The van der Waals surface area contributed by atoms with E-state index in [0.29, 0.717) is 6.54 Å². The zero-order chi connectivity index (χ0) is 13.2. The number of piperazine rings is 1. The zero-order valence-corrected chi connectivity index (χ0v) is 10.2. The molecular formula is C9H12N4O4S. The minimum Gasteiger partial charge on any atom is -0.480 e. The average Bonchev–Trinajstić information content (AvgIpc) is 2.39. The number of carboxylic acid groups (broad SMARTS) is 1. The van der Waals surface area contributed by atoms with Crippen LogP contribution in [0, 0.1) is 0 Å². The molecule has 0 radical (unpaired) electrons. The third-order valence-corrected chi connectivity index (χ3v) is 4.39. The Bertz CT molecular complexity index is 533. The third kappa shape index (κ3) is 2.33. The monoisotopic (exact) mass is 272 g/mol. The molecule has 2 rings (SSSR count). The minimum absolute atomic E-state index is 0.0782. The second-order valence-electron chi connectivity index (χ2n) is 3.72. The number of aromatic nitrogens is 2. The Kier molecular flexibility index (Phi) is 3.55. The summed E-state index contributed by atoms with van der Waals surface area (Å²) in [5.41, 5.74) is 0. The normalized spacial score (nSPS) is 21.7. The average molecular weight is 272 g/mol. The van der Waals surface area contributed by atoms with E-state index in [4.69, 9.17) is 5.11 Å². The number of rotatable bonds is 3. The van der Waals surface area contributed by atoms with Crippen molar-refractivity contribution >= 4 is 16.0 Å². The van der Waals surface area contributed by atoms with Gasteiger partial charge in [-0.3, -0.25) is 9.78 Å². The van der Waals surface area contributed by atoms with Gasteiger partial charge in [-0.1, -0.05) is 0 Å². The number of aliphatic carboxylic acids is 1. The fourth-order valence-corrected chi connectivity index (χ4v) is 3.18. The highest BCUT2D eigenvalue weighted by atomic mass is 32.2. The van der Waals surface area contributed by atoms with Gasteiger partial charge >= 0.3 is 5.97 Å². The minimum atomic E-state index is -3.92. The van der Waals surface area contributed by atoms with Crippen LogP contribution in [0.2, 0.25) is 0 Å². The lowest BCUT2D eigenvalue weighted by Crippen LogP contribution is -2.56. The Morgan fingerprint density at radius 3 is 2.89 bits per heavy atom. The largest absolute Gasteiger partial charge is 0.480 e. The van der Waals surface area contributed by atoms with Crippen molar-refractivity contribution in [2.75, 3.05) is 19.6 Å². The predicted molar refractivity (Wildman–Crippen MR) is 60.2 cm³/mol. The number of nitrogens with zero attached hydrogens (tertiary/aromatic N) is 3. The van der Waals surface area contributed by atoms with Gasteiger partial charge in [0, 0.05) is 32.0 Å². The first kappa shape index (κ1) is 12.9. The molecule has 0 amide bonds. The van der Waals surface area contributed by atoms with E-state index in [9.17, 15) is 13.2 Å². The summed E-state index contributed by atoms with van der Waals surface area (Å²) < 4.78 is 25.4. The Balaban J connectivity index is 2.36. The van der Waals surface area contributed by atoms with Crippen LogP contribution in [0.1, 0.15) is 0 Å². The standard InChI is InChI=1S/C9H12N4O4S/c14-9(15)7-5-11-3-4-13(7)18(16,17)8-6-10-1-2-12-8/h1-2,6-7,11H,3-5H2,(H,14,15)/t7-/m0/s1. The van der Waals surface area contributed by atoms with Gasteiger partial charge in [-0.2, -0.15) is 4.31 Å². The molecule has 0 aromatic carbocycles. The Labute approximate surface area is 104 Å². The first-order valence-corrected chi connectivity index (χ1v) is 6.69. The van der Waals surface area contributed by atoms with Crippen LogP contribution in [0.4, 0.5) is 0 Å². The van der Waals surface area contributed by atoms with Gasteiger partial charge in [0.15, 0.2) is 5.03 Å². The first-order valence-electron chi connectivity index (χ1n) is 5.25. The van der Waals surface area contributed by atoms with Gasteiger partial charge in [-0.25, -0.2) is 13.4 Å². The molecule has 9 heteroatoms. The lowest BCUT2D eigenvalue weighted by Gasteiger charge is -2.31. The number of carboxylic acids is 1. The fourth-order valence-electron chi connectivity index (χ4n) is 1.72.